The molecular formula is C20H25NO3. The maximum Gasteiger partial charge on any atom is 0.263 e. The number of aryl methyl sites for hydroxylation is 2. The smallest absolute Gasteiger partial charge is 0.263 e. The van der Waals surface area contributed by atoms with E-state index < -0.39 is 6.10 Å². The van der Waals surface area contributed by atoms with Crippen LogP contribution in [0.4, 0.5) is 0 Å². The first kappa shape index (κ1) is 17.9. The Hall–Kier alpha value is -2.49. The highest BCUT2D eigenvalue weighted by atomic mass is 16.5. The van der Waals surface area contributed by atoms with Crippen molar-refractivity contribution >= 4 is 5.91 Å². The number of carbonyl (C=O) groups is 1. The second kappa shape index (κ2) is 7.86. The first-order valence-electron chi connectivity index (χ1n) is 8.02. The lowest BCUT2D eigenvalue weighted by Crippen LogP contribution is -2.37. The van der Waals surface area contributed by atoms with Crippen molar-refractivity contribution in [1.29, 1.82) is 0 Å². The number of carbonyl (C=O) groups excluding carboxylic acids is 1. The van der Waals surface area contributed by atoms with Crippen LogP contribution in [0.5, 0.6) is 11.5 Å². The van der Waals surface area contributed by atoms with Crippen molar-refractivity contribution in [3.05, 3.63) is 59.2 Å². The molecule has 0 aromatic heterocycles. The van der Waals surface area contributed by atoms with Crippen LogP contribution in [0.25, 0.3) is 0 Å². The molecule has 1 atom stereocenters. The summed E-state index contributed by atoms with van der Waals surface area (Å²) in [6, 6.07) is 13.7. The molecule has 0 radical (unpaired) electrons. The molecule has 4 nitrogen and oxygen atoms in total. The van der Waals surface area contributed by atoms with E-state index >= 15 is 0 Å². The largest absolute Gasteiger partial charge is 0.497 e. The van der Waals surface area contributed by atoms with Gasteiger partial charge in [0.25, 0.3) is 5.91 Å². The zero-order valence-electron chi connectivity index (χ0n) is 15.0. The third kappa shape index (κ3) is 4.51. The molecular weight excluding hydrogens is 302 g/mol. The SMILES string of the molecule is COc1ccc(CN(C)C(=O)[C@@H](C)Oc2cc(C)ccc2C)cc1. The van der Waals surface area contributed by atoms with Gasteiger partial charge in [0.1, 0.15) is 11.5 Å². The molecule has 4 heteroatoms. The fourth-order valence-electron chi connectivity index (χ4n) is 2.47. The van der Waals surface area contributed by atoms with Crippen LogP contribution < -0.4 is 9.47 Å². The Morgan fingerprint density at radius 2 is 1.79 bits per heavy atom. The van der Waals surface area contributed by atoms with Crippen LogP contribution in [0.3, 0.4) is 0 Å². The van der Waals surface area contributed by atoms with Crippen LogP contribution in [0.2, 0.25) is 0 Å². The first-order valence-corrected chi connectivity index (χ1v) is 8.02. The molecule has 0 unspecified atom stereocenters. The van der Waals surface area contributed by atoms with E-state index in [-0.39, 0.29) is 5.91 Å². The number of benzene rings is 2. The number of methoxy groups -OCH3 is 1. The van der Waals surface area contributed by atoms with E-state index in [9.17, 15) is 4.79 Å². The summed E-state index contributed by atoms with van der Waals surface area (Å²) in [7, 11) is 3.42. The molecule has 0 saturated carbocycles. The van der Waals surface area contributed by atoms with E-state index in [1.165, 1.54) is 0 Å². The standard InChI is InChI=1S/C20H25NO3/c1-14-6-7-15(2)19(12-14)24-16(3)20(22)21(4)13-17-8-10-18(23-5)11-9-17/h6-12,16H,13H2,1-5H3/t16-/m1/s1. The summed E-state index contributed by atoms with van der Waals surface area (Å²) in [6.45, 7) is 6.31. The molecule has 2 aromatic carbocycles. The normalized spacial score (nSPS) is 11.7. The molecule has 0 spiro atoms. The molecule has 2 rings (SSSR count). The summed E-state index contributed by atoms with van der Waals surface area (Å²) < 4.78 is 11.0. The number of ether oxygens (including phenoxy) is 2. The van der Waals surface area contributed by atoms with Gasteiger partial charge in [0.05, 0.1) is 7.11 Å². The second-order valence-corrected chi connectivity index (χ2v) is 6.07. The van der Waals surface area contributed by atoms with E-state index in [1.54, 1.807) is 26.0 Å². The lowest BCUT2D eigenvalue weighted by atomic mass is 10.1. The quantitative estimate of drug-likeness (QED) is 0.811. The molecule has 0 heterocycles. The monoisotopic (exact) mass is 327 g/mol. The van der Waals surface area contributed by atoms with Crippen molar-refractivity contribution in [1.82, 2.24) is 4.90 Å². The number of hydrogen-bond donors (Lipinski definition) is 0. The van der Waals surface area contributed by atoms with Crippen molar-refractivity contribution in [2.75, 3.05) is 14.2 Å². The van der Waals surface area contributed by atoms with Crippen molar-refractivity contribution in [2.24, 2.45) is 0 Å². The number of rotatable bonds is 6. The Kier molecular flexibility index (Phi) is 5.85. The minimum absolute atomic E-state index is 0.0493. The Bertz CT molecular complexity index is 695. The Morgan fingerprint density at radius 3 is 2.42 bits per heavy atom. The predicted octanol–water partition coefficient (Wildman–Crippen LogP) is 3.74. The molecule has 0 fully saturated rings. The van der Waals surface area contributed by atoms with E-state index in [0.717, 1.165) is 28.2 Å². The molecule has 0 aliphatic carbocycles. The molecule has 0 saturated heterocycles. The van der Waals surface area contributed by atoms with Crippen LogP contribution in [-0.2, 0) is 11.3 Å². The minimum atomic E-state index is -0.534. The van der Waals surface area contributed by atoms with E-state index in [0.29, 0.717) is 6.54 Å². The summed E-state index contributed by atoms with van der Waals surface area (Å²) in [5.74, 6) is 1.51. The zero-order chi connectivity index (χ0) is 17.7. The van der Waals surface area contributed by atoms with E-state index in [2.05, 4.69) is 0 Å². The van der Waals surface area contributed by atoms with Crippen molar-refractivity contribution in [3.63, 3.8) is 0 Å². The van der Waals surface area contributed by atoms with Gasteiger partial charge in [-0.05, 0) is 55.7 Å². The third-order valence-electron chi connectivity index (χ3n) is 3.95. The highest BCUT2D eigenvalue weighted by Crippen LogP contribution is 2.21. The van der Waals surface area contributed by atoms with Crippen LogP contribution in [-0.4, -0.2) is 31.1 Å². The van der Waals surface area contributed by atoms with Gasteiger partial charge < -0.3 is 14.4 Å². The Labute approximate surface area is 144 Å². The number of amides is 1. The van der Waals surface area contributed by atoms with Gasteiger partial charge in [-0.15, -0.1) is 0 Å². The van der Waals surface area contributed by atoms with Gasteiger partial charge in [-0.25, -0.2) is 0 Å². The maximum absolute atomic E-state index is 12.5. The number of likely N-dealkylation sites (N-methyl/N-ethyl adjacent to an activating group) is 1. The second-order valence-electron chi connectivity index (χ2n) is 6.07. The summed E-state index contributed by atoms with van der Waals surface area (Å²) >= 11 is 0. The average molecular weight is 327 g/mol. The van der Waals surface area contributed by atoms with Gasteiger partial charge in [-0.1, -0.05) is 24.3 Å². The molecule has 0 aliphatic rings. The topological polar surface area (TPSA) is 38.8 Å². The minimum Gasteiger partial charge on any atom is -0.497 e. The van der Waals surface area contributed by atoms with Crippen LogP contribution in [0, 0.1) is 13.8 Å². The van der Waals surface area contributed by atoms with Crippen LogP contribution >= 0.6 is 0 Å². The molecule has 1 amide bonds. The highest BCUT2D eigenvalue weighted by Gasteiger charge is 2.20. The van der Waals surface area contributed by atoms with Crippen molar-refractivity contribution < 1.29 is 14.3 Å². The lowest BCUT2D eigenvalue weighted by molar-refractivity contribution is -0.137. The summed E-state index contributed by atoms with van der Waals surface area (Å²) in [4.78, 5) is 14.2. The molecule has 0 aliphatic heterocycles. The predicted molar refractivity (Wildman–Crippen MR) is 95.5 cm³/mol. The fourth-order valence-corrected chi connectivity index (χ4v) is 2.47. The van der Waals surface area contributed by atoms with Crippen LogP contribution in [0.1, 0.15) is 23.6 Å². The summed E-state index contributed by atoms with van der Waals surface area (Å²) in [5.41, 5.74) is 3.19. The van der Waals surface area contributed by atoms with E-state index in [4.69, 9.17) is 9.47 Å². The first-order chi connectivity index (χ1) is 11.4. The maximum atomic E-state index is 12.5. The molecule has 128 valence electrons. The van der Waals surface area contributed by atoms with Gasteiger partial charge in [0, 0.05) is 13.6 Å². The zero-order valence-corrected chi connectivity index (χ0v) is 15.0. The lowest BCUT2D eigenvalue weighted by Gasteiger charge is -2.23. The average Bonchev–Trinajstić information content (AvgIpc) is 2.58. The fraction of sp³-hybridized carbons (Fsp3) is 0.350. The van der Waals surface area contributed by atoms with Gasteiger partial charge in [-0.2, -0.15) is 0 Å². The van der Waals surface area contributed by atoms with E-state index in [1.807, 2.05) is 56.3 Å². The summed E-state index contributed by atoms with van der Waals surface area (Å²) in [6.07, 6.45) is -0.534. The highest BCUT2D eigenvalue weighted by molar-refractivity contribution is 5.80. The Balaban J connectivity index is 1.99. The van der Waals surface area contributed by atoms with Crippen molar-refractivity contribution in [2.45, 2.75) is 33.4 Å². The van der Waals surface area contributed by atoms with Gasteiger partial charge in [0.15, 0.2) is 6.10 Å². The molecule has 24 heavy (non-hydrogen) atoms. The van der Waals surface area contributed by atoms with Gasteiger partial charge in [0.2, 0.25) is 0 Å². The van der Waals surface area contributed by atoms with Gasteiger partial charge >= 0.3 is 0 Å². The van der Waals surface area contributed by atoms with Crippen molar-refractivity contribution in [3.8, 4) is 11.5 Å². The molecule has 2 aromatic rings. The number of hydrogen-bond acceptors (Lipinski definition) is 3. The molecule has 0 N–H and O–H groups in total. The van der Waals surface area contributed by atoms with Gasteiger partial charge in [-0.3, -0.25) is 4.79 Å². The Morgan fingerprint density at radius 1 is 1.12 bits per heavy atom. The van der Waals surface area contributed by atoms with Crippen LogP contribution in [0.15, 0.2) is 42.5 Å². The molecule has 0 bridgehead atoms. The third-order valence-corrected chi connectivity index (χ3v) is 3.95. The number of nitrogens with zero attached hydrogens (tertiary/aromatic N) is 1. The summed E-state index contributed by atoms with van der Waals surface area (Å²) in [5, 5.41) is 0.